The molecular weight excluding hydrogens is 306 g/mol. The van der Waals surface area contributed by atoms with Crippen LogP contribution >= 0.6 is 31.9 Å². The molecule has 70 valence electrons. The predicted octanol–water partition coefficient (Wildman–Crippen LogP) is 4.06. The summed E-state index contributed by atoms with van der Waals surface area (Å²) in [5.74, 6) is 0. The number of halogens is 2. The molecule has 0 atom stereocenters. The van der Waals surface area contributed by atoms with Crippen molar-refractivity contribution in [3.63, 3.8) is 0 Å². The van der Waals surface area contributed by atoms with Crippen LogP contribution in [0.2, 0.25) is 0 Å². The van der Waals surface area contributed by atoms with E-state index >= 15 is 0 Å². The van der Waals surface area contributed by atoms with Gasteiger partial charge in [0.05, 0.1) is 11.6 Å². The van der Waals surface area contributed by atoms with Gasteiger partial charge in [0.25, 0.3) is 0 Å². The quantitative estimate of drug-likeness (QED) is 0.708. The molecule has 14 heavy (non-hydrogen) atoms. The summed E-state index contributed by atoms with van der Waals surface area (Å²) in [5, 5.41) is 8.97. The minimum Gasteiger partial charge on any atom is -0.192 e. The predicted molar refractivity (Wildman–Crippen MR) is 63.8 cm³/mol. The number of nitriles is 1. The molecule has 1 aromatic rings. The molecule has 0 bridgehead atoms. The number of allylic oxidation sites excluding steroid dienone is 2. The molecule has 3 heteroatoms. The van der Waals surface area contributed by atoms with E-state index in [2.05, 4.69) is 37.9 Å². The number of hydrogen-bond donors (Lipinski definition) is 0. The third-order valence-corrected chi connectivity index (χ3v) is 3.48. The van der Waals surface area contributed by atoms with Gasteiger partial charge in [-0.15, -0.1) is 0 Å². The zero-order chi connectivity index (χ0) is 10.1. The molecule has 0 amide bonds. The highest BCUT2D eigenvalue weighted by Gasteiger charge is 2.15. The number of rotatable bonds is 0. The Bertz CT molecular complexity index is 455. The summed E-state index contributed by atoms with van der Waals surface area (Å²) >= 11 is 6.95. The molecule has 0 radical (unpaired) electrons. The van der Waals surface area contributed by atoms with E-state index in [1.165, 1.54) is 5.56 Å². The standard InChI is InChI=1S/C11H7Br2N/c12-8-4-10-7(6-14)2-1-3-9(10)11(13)5-8/h2,4-5H,1,3H2. The van der Waals surface area contributed by atoms with Gasteiger partial charge in [0.1, 0.15) is 0 Å². The van der Waals surface area contributed by atoms with Crippen molar-refractivity contribution in [2.24, 2.45) is 0 Å². The number of benzene rings is 1. The van der Waals surface area contributed by atoms with Crippen LogP contribution in [0.1, 0.15) is 17.5 Å². The Morgan fingerprint density at radius 2 is 2.07 bits per heavy atom. The molecule has 0 N–H and O–H groups in total. The highest BCUT2D eigenvalue weighted by molar-refractivity contribution is 9.11. The van der Waals surface area contributed by atoms with Crippen molar-refractivity contribution in [2.45, 2.75) is 12.8 Å². The van der Waals surface area contributed by atoms with Crippen molar-refractivity contribution in [2.75, 3.05) is 0 Å². The fourth-order valence-electron chi connectivity index (χ4n) is 1.67. The zero-order valence-electron chi connectivity index (χ0n) is 7.35. The molecule has 1 aliphatic rings. The summed E-state index contributed by atoms with van der Waals surface area (Å²) in [6.07, 6.45) is 3.96. The van der Waals surface area contributed by atoms with Gasteiger partial charge in [-0.25, -0.2) is 0 Å². The fraction of sp³-hybridized carbons (Fsp3) is 0.182. The molecule has 2 rings (SSSR count). The lowest BCUT2D eigenvalue weighted by Gasteiger charge is -2.15. The Balaban J connectivity index is 2.67. The molecular formula is C11H7Br2N. The maximum absolute atomic E-state index is 8.97. The van der Waals surface area contributed by atoms with Crippen LogP contribution in [0.5, 0.6) is 0 Å². The highest BCUT2D eigenvalue weighted by atomic mass is 79.9. The first-order valence-electron chi connectivity index (χ1n) is 4.31. The van der Waals surface area contributed by atoms with Gasteiger partial charge in [0.2, 0.25) is 0 Å². The topological polar surface area (TPSA) is 23.8 Å². The van der Waals surface area contributed by atoms with E-state index in [1.54, 1.807) is 0 Å². The third kappa shape index (κ3) is 1.65. The Hall–Kier alpha value is -0.590. The van der Waals surface area contributed by atoms with Crippen molar-refractivity contribution in [3.05, 3.63) is 38.3 Å². The van der Waals surface area contributed by atoms with Crippen molar-refractivity contribution in [1.29, 1.82) is 5.26 Å². The normalized spacial score (nSPS) is 14.2. The smallest absolute Gasteiger partial charge is 0.0994 e. The van der Waals surface area contributed by atoms with Gasteiger partial charge in [-0.05, 0) is 36.1 Å². The number of fused-ring (bicyclic) bond motifs is 1. The Morgan fingerprint density at radius 3 is 2.79 bits per heavy atom. The van der Waals surface area contributed by atoms with Gasteiger partial charge in [-0.2, -0.15) is 5.26 Å². The molecule has 1 nitrogen and oxygen atoms in total. The molecule has 0 unspecified atom stereocenters. The minimum absolute atomic E-state index is 0.785. The second-order valence-electron chi connectivity index (χ2n) is 3.18. The Morgan fingerprint density at radius 1 is 1.29 bits per heavy atom. The summed E-state index contributed by atoms with van der Waals surface area (Å²) in [7, 11) is 0. The molecule has 0 spiro atoms. The van der Waals surface area contributed by atoms with Crippen LogP contribution < -0.4 is 0 Å². The van der Waals surface area contributed by atoms with Crippen molar-refractivity contribution < 1.29 is 0 Å². The van der Waals surface area contributed by atoms with E-state index < -0.39 is 0 Å². The molecule has 1 aliphatic carbocycles. The van der Waals surface area contributed by atoms with Crippen LogP contribution in [0.4, 0.5) is 0 Å². The van der Waals surface area contributed by atoms with Crippen molar-refractivity contribution in [3.8, 4) is 6.07 Å². The fourth-order valence-corrected chi connectivity index (χ4v) is 3.10. The molecule has 0 heterocycles. The highest BCUT2D eigenvalue weighted by Crippen LogP contribution is 2.34. The van der Waals surface area contributed by atoms with E-state index in [0.717, 1.165) is 32.9 Å². The van der Waals surface area contributed by atoms with Gasteiger partial charge < -0.3 is 0 Å². The summed E-state index contributed by atoms with van der Waals surface area (Å²) < 4.78 is 2.09. The van der Waals surface area contributed by atoms with Crippen LogP contribution in [0.25, 0.3) is 5.57 Å². The van der Waals surface area contributed by atoms with Crippen molar-refractivity contribution in [1.82, 2.24) is 0 Å². The second-order valence-corrected chi connectivity index (χ2v) is 4.95. The molecule has 0 aromatic heterocycles. The number of nitrogens with zero attached hydrogens (tertiary/aromatic N) is 1. The van der Waals surface area contributed by atoms with E-state index in [1.807, 2.05) is 18.2 Å². The first kappa shape index (κ1) is 9.95. The van der Waals surface area contributed by atoms with Gasteiger partial charge in [0, 0.05) is 8.95 Å². The average molecular weight is 313 g/mol. The average Bonchev–Trinajstić information content (AvgIpc) is 2.17. The molecule has 0 fully saturated rings. The van der Waals surface area contributed by atoms with E-state index in [0.29, 0.717) is 0 Å². The molecule has 0 saturated carbocycles. The van der Waals surface area contributed by atoms with Gasteiger partial charge >= 0.3 is 0 Å². The van der Waals surface area contributed by atoms with Gasteiger partial charge in [0.15, 0.2) is 0 Å². The zero-order valence-corrected chi connectivity index (χ0v) is 10.5. The summed E-state index contributed by atoms with van der Waals surface area (Å²) in [6, 6.07) is 6.27. The molecule has 0 aliphatic heterocycles. The van der Waals surface area contributed by atoms with Crippen LogP contribution in [0, 0.1) is 11.3 Å². The molecule has 1 aromatic carbocycles. The summed E-state index contributed by atoms with van der Waals surface area (Å²) in [6.45, 7) is 0. The first-order chi connectivity index (χ1) is 6.72. The first-order valence-corrected chi connectivity index (χ1v) is 5.89. The molecule has 0 saturated heterocycles. The van der Waals surface area contributed by atoms with Crippen LogP contribution in [0.3, 0.4) is 0 Å². The van der Waals surface area contributed by atoms with E-state index in [4.69, 9.17) is 5.26 Å². The SMILES string of the molecule is N#CC1=CCCc2c(Br)cc(Br)cc21. The van der Waals surface area contributed by atoms with Gasteiger partial charge in [-0.1, -0.05) is 37.9 Å². The third-order valence-electron chi connectivity index (χ3n) is 2.31. The largest absolute Gasteiger partial charge is 0.192 e. The van der Waals surface area contributed by atoms with E-state index in [9.17, 15) is 0 Å². The Labute approximate surface area is 99.7 Å². The van der Waals surface area contributed by atoms with Gasteiger partial charge in [-0.3, -0.25) is 0 Å². The van der Waals surface area contributed by atoms with Crippen LogP contribution in [-0.4, -0.2) is 0 Å². The van der Waals surface area contributed by atoms with Crippen LogP contribution in [-0.2, 0) is 6.42 Å². The summed E-state index contributed by atoms with van der Waals surface area (Å²) in [5.41, 5.74) is 3.08. The van der Waals surface area contributed by atoms with E-state index in [-0.39, 0.29) is 0 Å². The lowest BCUT2D eigenvalue weighted by Crippen LogP contribution is -1.99. The summed E-state index contributed by atoms with van der Waals surface area (Å²) in [4.78, 5) is 0. The lowest BCUT2D eigenvalue weighted by atomic mass is 9.92. The maximum atomic E-state index is 8.97. The monoisotopic (exact) mass is 311 g/mol. The van der Waals surface area contributed by atoms with Crippen molar-refractivity contribution >= 4 is 37.4 Å². The number of hydrogen-bond acceptors (Lipinski definition) is 1. The maximum Gasteiger partial charge on any atom is 0.0994 e. The Kier molecular flexibility index (Phi) is 2.76. The minimum atomic E-state index is 0.785. The second kappa shape index (κ2) is 3.88. The lowest BCUT2D eigenvalue weighted by molar-refractivity contribution is 0.971. The van der Waals surface area contributed by atoms with Crippen LogP contribution in [0.15, 0.2) is 27.2 Å².